The summed E-state index contributed by atoms with van der Waals surface area (Å²) in [6.07, 6.45) is 6.56. The molecule has 6 rings (SSSR count). The van der Waals surface area contributed by atoms with E-state index in [0.717, 1.165) is 43.3 Å². The van der Waals surface area contributed by atoms with Gasteiger partial charge in [0.15, 0.2) is 11.5 Å². The lowest BCUT2D eigenvalue weighted by Crippen LogP contribution is -1.99. The standard InChI is InChI=1S/C19H13ClN4S2/c20-15-11-6-2-4-8-13(11)25-16(15)17-22-18-14-10-5-1-3-7-12(10)26-19(14)21-9-24(18)23-17/h2,4,6,8-9H,1,3,5,7H2. The summed E-state index contributed by atoms with van der Waals surface area (Å²) in [7, 11) is 0. The second-order valence-electron chi connectivity index (χ2n) is 6.58. The quantitative estimate of drug-likeness (QED) is 0.362. The van der Waals surface area contributed by atoms with E-state index in [-0.39, 0.29) is 0 Å². The zero-order valence-electron chi connectivity index (χ0n) is 13.7. The highest BCUT2D eigenvalue weighted by atomic mass is 35.5. The minimum Gasteiger partial charge on any atom is -0.225 e. The summed E-state index contributed by atoms with van der Waals surface area (Å²) in [5, 5.41) is 7.67. The smallest absolute Gasteiger partial charge is 0.193 e. The maximum absolute atomic E-state index is 6.64. The minimum absolute atomic E-state index is 0.682. The average Bonchev–Trinajstić information content (AvgIpc) is 3.34. The number of aromatic nitrogens is 4. The fraction of sp³-hybridized carbons (Fsp3) is 0.211. The lowest BCUT2D eigenvalue weighted by Gasteiger charge is -2.09. The monoisotopic (exact) mass is 396 g/mol. The second kappa shape index (κ2) is 5.49. The van der Waals surface area contributed by atoms with Crippen LogP contribution in [0.2, 0.25) is 5.02 Å². The highest BCUT2D eigenvalue weighted by molar-refractivity contribution is 7.23. The van der Waals surface area contributed by atoms with Gasteiger partial charge in [0.2, 0.25) is 0 Å². The lowest BCUT2D eigenvalue weighted by molar-refractivity contribution is 0.700. The second-order valence-corrected chi connectivity index (χ2v) is 9.09. The summed E-state index contributed by atoms with van der Waals surface area (Å²) in [5.41, 5.74) is 2.33. The molecule has 1 aliphatic rings. The van der Waals surface area contributed by atoms with Gasteiger partial charge in [0.1, 0.15) is 11.2 Å². The van der Waals surface area contributed by atoms with Crippen molar-refractivity contribution in [3.63, 3.8) is 0 Å². The first-order valence-corrected chi connectivity index (χ1v) is 10.6. The van der Waals surface area contributed by atoms with Crippen molar-refractivity contribution in [3.8, 4) is 10.7 Å². The molecule has 0 atom stereocenters. The van der Waals surface area contributed by atoms with Crippen LogP contribution in [0.5, 0.6) is 0 Å². The van der Waals surface area contributed by atoms with Gasteiger partial charge in [-0.3, -0.25) is 0 Å². The van der Waals surface area contributed by atoms with Crippen LogP contribution in [-0.4, -0.2) is 19.6 Å². The number of benzene rings is 1. The number of nitrogens with zero attached hydrogens (tertiary/aromatic N) is 4. The zero-order valence-corrected chi connectivity index (χ0v) is 16.1. The van der Waals surface area contributed by atoms with Gasteiger partial charge in [0.25, 0.3) is 0 Å². The van der Waals surface area contributed by atoms with Crippen molar-refractivity contribution in [2.24, 2.45) is 0 Å². The Morgan fingerprint density at radius 1 is 1.08 bits per heavy atom. The number of rotatable bonds is 1. The van der Waals surface area contributed by atoms with Crippen LogP contribution in [0, 0.1) is 0 Å². The molecular weight excluding hydrogens is 384 g/mol. The molecule has 4 aromatic heterocycles. The largest absolute Gasteiger partial charge is 0.225 e. The molecule has 0 unspecified atom stereocenters. The number of halogens is 1. The van der Waals surface area contributed by atoms with Crippen LogP contribution in [0.25, 0.3) is 36.7 Å². The maximum Gasteiger partial charge on any atom is 0.193 e. The van der Waals surface area contributed by atoms with Crippen LogP contribution in [0.4, 0.5) is 0 Å². The third kappa shape index (κ3) is 2.03. The van der Waals surface area contributed by atoms with Gasteiger partial charge in [-0.25, -0.2) is 14.5 Å². The Morgan fingerprint density at radius 2 is 1.96 bits per heavy atom. The molecule has 1 aliphatic carbocycles. The molecule has 0 N–H and O–H groups in total. The van der Waals surface area contributed by atoms with Gasteiger partial charge < -0.3 is 0 Å². The molecule has 0 saturated carbocycles. The average molecular weight is 397 g/mol. The molecule has 0 saturated heterocycles. The molecule has 0 aliphatic heterocycles. The van der Waals surface area contributed by atoms with Crippen molar-refractivity contribution in [1.82, 2.24) is 19.6 Å². The van der Waals surface area contributed by atoms with E-state index in [1.807, 2.05) is 29.5 Å². The molecule has 5 aromatic rings. The van der Waals surface area contributed by atoms with E-state index in [1.165, 1.54) is 28.7 Å². The molecule has 0 bridgehead atoms. The van der Waals surface area contributed by atoms with E-state index >= 15 is 0 Å². The van der Waals surface area contributed by atoms with E-state index in [1.54, 1.807) is 22.2 Å². The van der Waals surface area contributed by atoms with Crippen molar-refractivity contribution in [2.45, 2.75) is 25.7 Å². The predicted molar refractivity (Wildman–Crippen MR) is 109 cm³/mol. The van der Waals surface area contributed by atoms with E-state index in [9.17, 15) is 0 Å². The first-order chi connectivity index (χ1) is 12.8. The molecule has 0 fully saturated rings. The first kappa shape index (κ1) is 15.1. The molecule has 26 heavy (non-hydrogen) atoms. The fourth-order valence-electron chi connectivity index (χ4n) is 3.81. The summed E-state index contributed by atoms with van der Waals surface area (Å²) >= 11 is 10.1. The topological polar surface area (TPSA) is 43.1 Å². The molecule has 7 heteroatoms. The van der Waals surface area contributed by atoms with Gasteiger partial charge in [-0.15, -0.1) is 27.8 Å². The van der Waals surface area contributed by atoms with Crippen molar-refractivity contribution in [1.29, 1.82) is 0 Å². The summed E-state index contributed by atoms with van der Waals surface area (Å²) in [5.74, 6) is 0.682. The highest BCUT2D eigenvalue weighted by Crippen LogP contribution is 2.42. The molecule has 4 heterocycles. The van der Waals surface area contributed by atoms with Crippen LogP contribution < -0.4 is 0 Å². The van der Waals surface area contributed by atoms with Crippen LogP contribution in [-0.2, 0) is 12.8 Å². The van der Waals surface area contributed by atoms with E-state index in [4.69, 9.17) is 21.7 Å². The van der Waals surface area contributed by atoms with Gasteiger partial charge in [-0.1, -0.05) is 29.8 Å². The zero-order chi connectivity index (χ0) is 17.3. The Bertz CT molecular complexity index is 1310. The first-order valence-electron chi connectivity index (χ1n) is 8.62. The van der Waals surface area contributed by atoms with Crippen LogP contribution in [0.3, 0.4) is 0 Å². The van der Waals surface area contributed by atoms with Gasteiger partial charge in [0.05, 0.1) is 15.3 Å². The van der Waals surface area contributed by atoms with Gasteiger partial charge in [-0.2, -0.15) is 0 Å². The number of fused-ring (bicyclic) bond motifs is 6. The van der Waals surface area contributed by atoms with Crippen molar-refractivity contribution >= 4 is 60.2 Å². The Hall–Kier alpha value is -2.02. The number of hydrogen-bond donors (Lipinski definition) is 0. The molecular formula is C19H13ClN4S2. The summed E-state index contributed by atoms with van der Waals surface area (Å²) in [4.78, 5) is 13.0. The Morgan fingerprint density at radius 3 is 2.88 bits per heavy atom. The number of thiophene rings is 2. The summed E-state index contributed by atoms with van der Waals surface area (Å²) in [6, 6.07) is 8.16. The van der Waals surface area contributed by atoms with E-state index in [2.05, 4.69) is 11.1 Å². The summed E-state index contributed by atoms with van der Waals surface area (Å²) in [6.45, 7) is 0. The SMILES string of the molecule is Clc1c(-c2nc3c4c5c(sc4ncn3n2)CCCC5)sc2ccccc12. The van der Waals surface area contributed by atoms with Gasteiger partial charge >= 0.3 is 0 Å². The predicted octanol–water partition coefficient (Wildman–Crippen LogP) is 5.75. The third-order valence-electron chi connectivity index (χ3n) is 5.03. The van der Waals surface area contributed by atoms with Crippen molar-refractivity contribution in [3.05, 3.63) is 46.1 Å². The highest BCUT2D eigenvalue weighted by Gasteiger charge is 2.22. The minimum atomic E-state index is 0.682. The maximum atomic E-state index is 6.64. The van der Waals surface area contributed by atoms with E-state index < -0.39 is 0 Å². The number of aryl methyl sites for hydroxylation is 2. The van der Waals surface area contributed by atoms with Crippen LogP contribution in [0.15, 0.2) is 30.6 Å². The Labute approximate surface area is 162 Å². The van der Waals surface area contributed by atoms with Gasteiger partial charge in [0, 0.05) is 15.0 Å². The Balaban J connectivity index is 1.64. The van der Waals surface area contributed by atoms with Crippen LogP contribution in [0.1, 0.15) is 23.3 Å². The third-order valence-corrected chi connectivity index (χ3v) is 7.90. The van der Waals surface area contributed by atoms with E-state index in [0.29, 0.717) is 5.82 Å². The fourth-order valence-corrected chi connectivity index (χ4v) is 6.48. The molecule has 1 aromatic carbocycles. The Kier molecular flexibility index (Phi) is 3.18. The number of hydrogen-bond acceptors (Lipinski definition) is 5. The molecule has 0 amide bonds. The summed E-state index contributed by atoms with van der Waals surface area (Å²) < 4.78 is 2.96. The van der Waals surface area contributed by atoms with Crippen LogP contribution >= 0.6 is 34.3 Å². The molecule has 0 radical (unpaired) electrons. The van der Waals surface area contributed by atoms with Crippen molar-refractivity contribution in [2.75, 3.05) is 0 Å². The van der Waals surface area contributed by atoms with Crippen molar-refractivity contribution < 1.29 is 0 Å². The molecule has 0 spiro atoms. The molecule has 128 valence electrons. The lowest BCUT2D eigenvalue weighted by atomic mass is 9.97. The molecule has 4 nitrogen and oxygen atoms in total. The van der Waals surface area contributed by atoms with Gasteiger partial charge in [-0.05, 0) is 37.3 Å². The normalized spacial score (nSPS) is 14.5.